The van der Waals surface area contributed by atoms with Crippen LogP contribution in [-0.4, -0.2) is 60.1 Å². The molecule has 2 rings (SSSR count). The van der Waals surface area contributed by atoms with Gasteiger partial charge in [-0.3, -0.25) is 4.79 Å². The van der Waals surface area contributed by atoms with Crippen LogP contribution in [0.3, 0.4) is 0 Å². The first-order valence-corrected chi connectivity index (χ1v) is 6.54. The topological polar surface area (TPSA) is 56.7 Å². The van der Waals surface area contributed by atoms with Gasteiger partial charge < -0.3 is 14.9 Å². The van der Waals surface area contributed by atoms with E-state index in [1.807, 2.05) is 14.1 Å². The van der Waals surface area contributed by atoms with Crippen molar-refractivity contribution in [2.75, 3.05) is 32.1 Å². The van der Waals surface area contributed by atoms with Gasteiger partial charge in [-0.05, 0) is 39.6 Å². The smallest absolute Gasteiger partial charge is 0.163 e. The Balaban J connectivity index is 2.31. The summed E-state index contributed by atoms with van der Waals surface area (Å²) in [7, 11) is 4.01. The third-order valence-corrected chi connectivity index (χ3v) is 3.41. The predicted molar refractivity (Wildman–Crippen MR) is 74.6 cm³/mol. The fourth-order valence-corrected chi connectivity index (χ4v) is 2.65. The van der Waals surface area contributed by atoms with E-state index in [0.717, 1.165) is 6.54 Å². The molecule has 0 aromatic carbocycles. The van der Waals surface area contributed by atoms with Gasteiger partial charge in [-0.1, -0.05) is 0 Å². The van der Waals surface area contributed by atoms with Crippen LogP contribution >= 0.6 is 0 Å². The first-order valence-electron chi connectivity index (χ1n) is 6.54. The molecule has 0 spiro atoms. The number of ketones is 1. The number of nitrogens with zero attached hydrogens (tertiary/aromatic N) is 3. The second-order valence-electron chi connectivity index (χ2n) is 5.39. The molecule has 0 aliphatic carbocycles. The summed E-state index contributed by atoms with van der Waals surface area (Å²) in [5.41, 5.74) is 0.625. The summed E-state index contributed by atoms with van der Waals surface area (Å²) in [5, 5.41) is 9.90. The molecule has 5 nitrogen and oxygen atoms in total. The van der Waals surface area contributed by atoms with Gasteiger partial charge in [0.25, 0.3) is 0 Å². The number of carbonyl (C=O) groups excluding carboxylic acids is 1. The molecule has 2 unspecified atom stereocenters. The minimum absolute atomic E-state index is 0.00749. The van der Waals surface area contributed by atoms with Crippen molar-refractivity contribution in [3.8, 4) is 0 Å². The van der Waals surface area contributed by atoms with Crippen molar-refractivity contribution in [2.24, 2.45) is 0 Å². The first-order chi connectivity index (χ1) is 8.99. The number of pyridine rings is 1. The fourth-order valence-electron chi connectivity index (χ4n) is 2.65. The minimum atomic E-state index is -0.355. The van der Waals surface area contributed by atoms with Gasteiger partial charge in [0, 0.05) is 25.3 Å². The van der Waals surface area contributed by atoms with Crippen LogP contribution in [0.5, 0.6) is 0 Å². The molecule has 0 radical (unpaired) electrons. The zero-order valence-electron chi connectivity index (χ0n) is 11.7. The second-order valence-corrected chi connectivity index (χ2v) is 5.39. The number of rotatable bonds is 4. The Morgan fingerprint density at radius 2 is 2.32 bits per heavy atom. The lowest BCUT2D eigenvalue weighted by molar-refractivity contribution is 0.101. The molecule has 0 saturated carbocycles. The largest absolute Gasteiger partial charge is 0.391 e. The molecule has 2 atom stereocenters. The minimum Gasteiger partial charge on any atom is -0.391 e. The molecule has 0 amide bonds. The second kappa shape index (κ2) is 5.67. The number of Topliss-reactive ketones (excluding diaryl/α,β-unsaturated/α-hetero) is 1. The lowest BCUT2D eigenvalue weighted by Gasteiger charge is -2.28. The van der Waals surface area contributed by atoms with Crippen molar-refractivity contribution in [3.05, 3.63) is 23.9 Å². The monoisotopic (exact) mass is 263 g/mol. The molecule has 1 aromatic rings. The molecule has 1 aromatic heterocycles. The Hall–Kier alpha value is -1.46. The van der Waals surface area contributed by atoms with Crippen molar-refractivity contribution in [1.29, 1.82) is 0 Å². The van der Waals surface area contributed by atoms with Crippen LogP contribution in [0.1, 0.15) is 23.7 Å². The quantitative estimate of drug-likeness (QED) is 0.814. The van der Waals surface area contributed by atoms with Gasteiger partial charge >= 0.3 is 0 Å². The third-order valence-electron chi connectivity index (χ3n) is 3.41. The highest BCUT2D eigenvalue weighted by atomic mass is 16.3. The van der Waals surface area contributed by atoms with Crippen LogP contribution in [0, 0.1) is 0 Å². The standard InChI is InChI=1S/C14H21N3O2/c1-10(18)13-5-4-6-15-14(13)17-9-12(19)7-11(17)8-16(2)3/h4-6,11-12,19H,7-9H2,1-3H3. The van der Waals surface area contributed by atoms with Crippen LogP contribution in [-0.2, 0) is 0 Å². The van der Waals surface area contributed by atoms with Crippen LogP contribution in [0.15, 0.2) is 18.3 Å². The number of aliphatic hydroxyl groups excluding tert-OH is 1. The molecule has 1 saturated heterocycles. The van der Waals surface area contributed by atoms with Gasteiger partial charge in [0.2, 0.25) is 0 Å². The predicted octanol–water partition coefficient (Wildman–Crippen LogP) is 0.785. The molecular formula is C14H21N3O2. The zero-order valence-corrected chi connectivity index (χ0v) is 11.7. The molecule has 2 heterocycles. The van der Waals surface area contributed by atoms with Gasteiger partial charge in [-0.25, -0.2) is 4.98 Å². The maximum atomic E-state index is 11.7. The van der Waals surface area contributed by atoms with Crippen molar-refractivity contribution in [1.82, 2.24) is 9.88 Å². The van der Waals surface area contributed by atoms with E-state index in [2.05, 4.69) is 14.8 Å². The molecule has 1 N–H and O–H groups in total. The summed E-state index contributed by atoms with van der Waals surface area (Å²) in [6.45, 7) is 2.93. The van der Waals surface area contributed by atoms with E-state index in [1.54, 1.807) is 25.3 Å². The summed E-state index contributed by atoms with van der Waals surface area (Å²) in [6.07, 6.45) is 2.05. The molecule has 0 bridgehead atoms. The van der Waals surface area contributed by atoms with Crippen molar-refractivity contribution < 1.29 is 9.90 Å². The summed E-state index contributed by atoms with van der Waals surface area (Å²) in [5.74, 6) is 0.700. The molecule has 104 valence electrons. The van der Waals surface area contributed by atoms with Crippen molar-refractivity contribution in [3.63, 3.8) is 0 Å². The van der Waals surface area contributed by atoms with E-state index in [9.17, 15) is 9.90 Å². The van der Waals surface area contributed by atoms with Gasteiger partial charge in [0.1, 0.15) is 5.82 Å². The number of carbonyl (C=O) groups is 1. The average molecular weight is 263 g/mol. The Morgan fingerprint density at radius 3 is 2.95 bits per heavy atom. The van der Waals surface area contributed by atoms with Gasteiger partial charge in [0.15, 0.2) is 5.78 Å². The van der Waals surface area contributed by atoms with Gasteiger partial charge in [-0.2, -0.15) is 0 Å². The zero-order chi connectivity index (χ0) is 14.0. The summed E-state index contributed by atoms with van der Waals surface area (Å²) in [6, 6.07) is 3.76. The molecule has 1 aliphatic rings. The average Bonchev–Trinajstić information content (AvgIpc) is 2.69. The van der Waals surface area contributed by atoms with E-state index >= 15 is 0 Å². The van der Waals surface area contributed by atoms with Crippen molar-refractivity contribution >= 4 is 11.6 Å². The Bertz CT molecular complexity index is 462. The number of likely N-dealkylation sites (N-methyl/N-ethyl adjacent to an activating group) is 1. The maximum absolute atomic E-state index is 11.7. The van der Waals surface area contributed by atoms with Crippen molar-refractivity contribution in [2.45, 2.75) is 25.5 Å². The van der Waals surface area contributed by atoms with Crippen LogP contribution in [0.25, 0.3) is 0 Å². The number of aromatic nitrogens is 1. The van der Waals surface area contributed by atoms with Gasteiger partial charge in [-0.15, -0.1) is 0 Å². The van der Waals surface area contributed by atoms with E-state index in [4.69, 9.17) is 0 Å². The molecule has 19 heavy (non-hydrogen) atoms. The Morgan fingerprint density at radius 1 is 1.58 bits per heavy atom. The van der Waals surface area contributed by atoms with Gasteiger partial charge in [0.05, 0.1) is 11.7 Å². The summed E-state index contributed by atoms with van der Waals surface area (Å²) < 4.78 is 0. The normalized spacial score (nSPS) is 23.1. The SMILES string of the molecule is CC(=O)c1cccnc1N1CC(O)CC1CN(C)C. The maximum Gasteiger partial charge on any atom is 0.163 e. The third kappa shape index (κ3) is 3.11. The van der Waals surface area contributed by atoms with Crippen LogP contribution in [0.2, 0.25) is 0 Å². The lowest BCUT2D eigenvalue weighted by Crippen LogP contribution is -2.38. The molecular weight excluding hydrogens is 242 g/mol. The van der Waals surface area contributed by atoms with Crippen LogP contribution < -0.4 is 4.90 Å². The summed E-state index contributed by atoms with van der Waals surface area (Å²) in [4.78, 5) is 20.2. The number of hydrogen-bond donors (Lipinski definition) is 1. The Kier molecular flexibility index (Phi) is 4.17. The number of anilines is 1. The summed E-state index contributed by atoms with van der Waals surface area (Å²) >= 11 is 0. The van der Waals surface area contributed by atoms with E-state index in [0.29, 0.717) is 24.3 Å². The lowest BCUT2D eigenvalue weighted by atomic mass is 10.1. The first kappa shape index (κ1) is 14.0. The van der Waals surface area contributed by atoms with E-state index in [1.165, 1.54) is 0 Å². The number of β-amino-alcohol motifs (C(OH)–C–C–N with tert-alkyl or cyclic N) is 1. The highest BCUT2D eigenvalue weighted by molar-refractivity contribution is 5.98. The van der Waals surface area contributed by atoms with E-state index < -0.39 is 0 Å². The highest BCUT2D eigenvalue weighted by Crippen LogP contribution is 2.27. The fraction of sp³-hybridized carbons (Fsp3) is 0.571. The molecule has 1 fully saturated rings. The molecule has 1 aliphatic heterocycles. The Labute approximate surface area is 113 Å². The van der Waals surface area contributed by atoms with Crippen LogP contribution in [0.4, 0.5) is 5.82 Å². The van der Waals surface area contributed by atoms with E-state index in [-0.39, 0.29) is 17.9 Å². The highest BCUT2D eigenvalue weighted by Gasteiger charge is 2.33. The number of aliphatic hydroxyl groups is 1. The number of hydrogen-bond acceptors (Lipinski definition) is 5. The molecule has 5 heteroatoms.